The van der Waals surface area contributed by atoms with Crippen LogP contribution in [0.25, 0.3) is 0 Å². The average molecular weight is 319 g/mol. The van der Waals surface area contributed by atoms with Gasteiger partial charge in [-0.05, 0) is 56.4 Å². The van der Waals surface area contributed by atoms with Gasteiger partial charge in [0, 0.05) is 13.0 Å². The third kappa shape index (κ3) is 3.35. The van der Waals surface area contributed by atoms with Crippen molar-refractivity contribution in [2.24, 2.45) is 0 Å². The smallest absolute Gasteiger partial charge is 0.248 e. The van der Waals surface area contributed by atoms with Crippen LogP contribution in [0.4, 0.5) is 0 Å². The summed E-state index contributed by atoms with van der Waals surface area (Å²) in [5.41, 5.74) is 2.66. The molecule has 1 heterocycles. The number of carbonyl (C=O) groups excluding carboxylic acids is 1. The second-order valence-corrected chi connectivity index (χ2v) is 6.88. The van der Waals surface area contributed by atoms with E-state index >= 15 is 0 Å². The van der Waals surface area contributed by atoms with E-state index in [9.17, 15) is 9.90 Å². The molecule has 1 aliphatic heterocycles. The Morgan fingerprint density at radius 1 is 1.35 bits per heavy atom. The topological polar surface area (TPSA) is 59.0 Å². The predicted molar refractivity (Wildman–Crippen MR) is 86.3 cm³/mol. The first-order chi connectivity index (χ1) is 10.9. The number of amides is 1. The Morgan fingerprint density at radius 3 is 2.83 bits per heavy atom. The van der Waals surface area contributed by atoms with E-state index in [2.05, 4.69) is 6.07 Å². The van der Waals surface area contributed by atoms with Gasteiger partial charge in [0.15, 0.2) is 0 Å². The van der Waals surface area contributed by atoms with Gasteiger partial charge >= 0.3 is 0 Å². The molecule has 0 bridgehead atoms. The fourth-order valence-electron chi connectivity index (χ4n) is 3.33. The quantitative estimate of drug-likeness (QED) is 0.861. The first-order valence-corrected chi connectivity index (χ1v) is 8.31. The molecule has 2 unspecified atom stereocenters. The standard InChI is InChI=1S/C18H25NO4/c1-12(2)19-10-16(22-11-17(19)20)18(3,21)23-15-8-7-13-5-4-6-14(13)9-15/h7-9,12,16,21H,4-6,10-11H2,1-3H3. The van der Waals surface area contributed by atoms with Gasteiger partial charge < -0.3 is 19.5 Å². The summed E-state index contributed by atoms with van der Waals surface area (Å²) in [6, 6.07) is 6.04. The highest BCUT2D eigenvalue weighted by molar-refractivity contribution is 5.78. The van der Waals surface area contributed by atoms with Crippen LogP contribution < -0.4 is 4.74 Å². The van der Waals surface area contributed by atoms with Crippen LogP contribution in [-0.4, -0.2) is 47.0 Å². The van der Waals surface area contributed by atoms with Crippen molar-refractivity contribution in [3.05, 3.63) is 29.3 Å². The molecule has 0 aromatic heterocycles. The fraction of sp³-hybridized carbons (Fsp3) is 0.611. The first-order valence-electron chi connectivity index (χ1n) is 8.31. The summed E-state index contributed by atoms with van der Waals surface area (Å²) in [5, 5.41) is 10.7. The molecule has 1 fully saturated rings. The van der Waals surface area contributed by atoms with Crippen LogP contribution in [0.5, 0.6) is 5.75 Å². The second kappa shape index (κ2) is 6.13. The van der Waals surface area contributed by atoms with Crippen LogP contribution in [-0.2, 0) is 22.4 Å². The predicted octanol–water partition coefficient (Wildman–Crippen LogP) is 1.90. The Kier molecular flexibility index (Phi) is 4.34. The molecule has 1 aromatic carbocycles. The molecular weight excluding hydrogens is 294 g/mol. The number of rotatable bonds is 4. The van der Waals surface area contributed by atoms with E-state index in [4.69, 9.17) is 9.47 Å². The summed E-state index contributed by atoms with van der Waals surface area (Å²) in [6.07, 6.45) is 2.77. The fourth-order valence-corrected chi connectivity index (χ4v) is 3.33. The zero-order valence-electron chi connectivity index (χ0n) is 14.0. The van der Waals surface area contributed by atoms with Crippen molar-refractivity contribution in [1.29, 1.82) is 0 Å². The minimum Gasteiger partial charge on any atom is -0.460 e. The molecule has 126 valence electrons. The van der Waals surface area contributed by atoms with Gasteiger partial charge in [-0.25, -0.2) is 0 Å². The van der Waals surface area contributed by atoms with Crippen molar-refractivity contribution in [2.45, 2.75) is 58.0 Å². The second-order valence-electron chi connectivity index (χ2n) is 6.88. The molecule has 3 rings (SSSR count). The minimum atomic E-state index is -1.49. The van der Waals surface area contributed by atoms with E-state index < -0.39 is 11.9 Å². The molecule has 5 nitrogen and oxygen atoms in total. The minimum absolute atomic E-state index is 0.0213. The number of hydrogen-bond donors (Lipinski definition) is 1. The summed E-state index contributed by atoms with van der Waals surface area (Å²) < 4.78 is 11.4. The number of carbonyl (C=O) groups is 1. The lowest BCUT2D eigenvalue weighted by molar-refractivity contribution is -0.226. The normalized spacial score (nSPS) is 23.8. The molecule has 1 amide bonds. The van der Waals surface area contributed by atoms with Gasteiger partial charge in [0.05, 0.1) is 6.54 Å². The van der Waals surface area contributed by atoms with Crippen molar-refractivity contribution in [1.82, 2.24) is 4.90 Å². The summed E-state index contributed by atoms with van der Waals surface area (Å²) in [4.78, 5) is 13.6. The largest absolute Gasteiger partial charge is 0.460 e. The summed E-state index contributed by atoms with van der Waals surface area (Å²) in [5.74, 6) is -0.891. The summed E-state index contributed by atoms with van der Waals surface area (Å²) in [6.45, 7) is 5.81. The van der Waals surface area contributed by atoms with Gasteiger partial charge in [0.25, 0.3) is 0 Å². The number of ether oxygens (including phenoxy) is 2. The van der Waals surface area contributed by atoms with Crippen molar-refractivity contribution in [3.8, 4) is 5.75 Å². The highest BCUT2D eigenvalue weighted by Gasteiger charge is 2.41. The lowest BCUT2D eigenvalue weighted by atomic mass is 10.1. The Hall–Kier alpha value is -1.59. The molecule has 1 saturated heterocycles. The summed E-state index contributed by atoms with van der Waals surface area (Å²) in [7, 11) is 0. The molecule has 2 aliphatic rings. The SMILES string of the molecule is CC(C)N1CC(C(C)(O)Oc2ccc3c(c2)CCC3)OCC1=O. The number of benzene rings is 1. The zero-order chi connectivity index (χ0) is 16.6. The molecule has 23 heavy (non-hydrogen) atoms. The maximum atomic E-state index is 11.9. The third-order valence-corrected chi connectivity index (χ3v) is 4.71. The number of hydrogen-bond acceptors (Lipinski definition) is 4. The molecule has 1 aromatic rings. The Bertz CT molecular complexity index is 597. The molecule has 2 atom stereocenters. The van der Waals surface area contributed by atoms with Crippen LogP contribution in [0.15, 0.2) is 18.2 Å². The number of nitrogens with zero attached hydrogens (tertiary/aromatic N) is 1. The maximum Gasteiger partial charge on any atom is 0.248 e. The molecule has 1 aliphatic carbocycles. The lowest BCUT2D eigenvalue weighted by Gasteiger charge is -2.41. The molecule has 1 N–H and O–H groups in total. The van der Waals surface area contributed by atoms with Crippen LogP contribution in [0.3, 0.4) is 0 Å². The number of aliphatic hydroxyl groups is 1. The van der Waals surface area contributed by atoms with E-state index in [1.165, 1.54) is 17.5 Å². The molecule has 5 heteroatoms. The van der Waals surface area contributed by atoms with Crippen LogP contribution in [0, 0.1) is 0 Å². The average Bonchev–Trinajstić information content (AvgIpc) is 2.94. The molecule has 0 radical (unpaired) electrons. The lowest BCUT2D eigenvalue weighted by Crippen LogP contribution is -2.59. The van der Waals surface area contributed by atoms with Gasteiger partial charge in [-0.3, -0.25) is 4.79 Å². The Morgan fingerprint density at radius 2 is 2.09 bits per heavy atom. The van der Waals surface area contributed by atoms with Gasteiger partial charge in [-0.1, -0.05) is 6.07 Å². The van der Waals surface area contributed by atoms with Gasteiger partial charge in [0.1, 0.15) is 18.5 Å². The van der Waals surface area contributed by atoms with Crippen molar-refractivity contribution >= 4 is 5.91 Å². The molecule has 0 spiro atoms. The number of aryl methyl sites for hydroxylation is 2. The maximum absolute atomic E-state index is 11.9. The zero-order valence-corrected chi connectivity index (χ0v) is 14.0. The van der Waals surface area contributed by atoms with Crippen molar-refractivity contribution in [2.75, 3.05) is 13.2 Å². The van der Waals surface area contributed by atoms with E-state index in [0.29, 0.717) is 12.3 Å². The highest BCUT2D eigenvalue weighted by Crippen LogP contribution is 2.29. The van der Waals surface area contributed by atoms with Crippen LogP contribution >= 0.6 is 0 Å². The van der Waals surface area contributed by atoms with Crippen molar-refractivity contribution in [3.63, 3.8) is 0 Å². The van der Waals surface area contributed by atoms with Crippen molar-refractivity contribution < 1.29 is 19.4 Å². The monoisotopic (exact) mass is 319 g/mol. The Balaban J connectivity index is 1.72. The first kappa shape index (κ1) is 16.3. The van der Waals surface area contributed by atoms with Gasteiger partial charge in [0.2, 0.25) is 11.7 Å². The third-order valence-electron chi connectivity index (χ3n) is 4.71. The number of fused-ring (bicyclic) bond motifs is 1. The Labute approximate surface area is 137 Å². The van der Waals surface area contributed by atoms with E-state index in [0.717, 1.165) is 12.8 Å². The molecule has 0 saturated carbocycles. The summed E-state index contributed by atoms with van der Waals surface area (Å²) >= 11 is 0. The van der Waals surface area contributed by atoms with E-state index in [1.54, 1.807) is 11.8 Å². The number of morpholine rings is 1. The molecular formula is C18H25NO4. The van der Waals surface area contributed by atoms with Gasteiger partial charge in [-0.15, -0.1) is 0 Å². The van der Waals surface area contributed by atoms with Crippen LogP contribution in [0.2, 0.25) is 0 Å². The van der Waals surface area contributed by atoms with E-state index in [1.807, 2.05) is 26.0 Å². The van der Waals surface area contributed by atoms with E-state index in [-0.39, 0.29) is 18.6 Å². The van der Waals surface area contributed by atoms with Crippen LogP contribution in [0.1, 0.15) is 38.3 Å². The highest BCUT2D eigenvalue weighted by atomic mass is 16.7. The van der Waals surface area contributed by atoms with Gasteiger partial charge in [-0.2, -0.15) is 0 Å².